The van der Waals surface area contributed by atoms with Crippen molar-refractivity contribution in [1.29, 1.82) is 0 Å². The molecule has 1 saturated heterocycles. The van der Waals surface area contributed by atoms with E-state index in [1.165, 1.54) is 24.3 Å². The Labute approximate surface area is 149 Å². The quantitative estimate of drug-likeness (QED) is 0.910. The van der Waals surface area contributed by atoms with Crippen LogP contribution in [0.3, 0.4) is 0 Å². The molecule has 1 heterocycles. The van der Waals surface area contributed by atoms with Gasteiger partial charge >= 0.3 is 0 Å². The van der Waals surface area contributed by atoms with Crippen LogP contribution in [0, 0.1) is 23.4 Å². The van der Waals surface area contributed by atoms with Crippen LogP contribution in [0.1, 0.15) is 29.5 Å². The number of benzene rings is 2. The second-order valence-corrected chi connectivity index (χ2v) is 6.93. The van der Waals surface area contributed by atoms with Crippen LogP contribution in [0.15, 0.2) is 42.5 Å². The lowest BCUT2D eigenvalue weighted by molar-refractivity contribution is -0.136. The smallest absolute Gasteiger partial charge is 0.226 e. The predicted octanol–water partition coefficient (Wildman–Crippen LogP) is 3.38. The minimum Gasteiger partial charge on any atom is -0.333 e. The van der Waals surface area contributed by atoms with Gasteiger partial charge in [-0.05, 0) is 47.7 Å². The second kappa shape index (κ2) is 6.76. The standard InChI is InChI=1S/C20H19F3N2O/c21-14-3-1-2-13(8-14)19-11-24-6-7-25(19)20(26)16-10-15(16)12-4-5-17(22)18(23)9-12/h1-5,8-9,15-16,19,24H,6-7,10-11H2. The van der Waals surface area contributed by atoms with Gasteiger partial charge in [-0.3, -0.25) is 4.79 Å². The van der Waals surface area contributed by atoms with Crippen LogP contribution >= 0.6 is 0 Å². The summed E-state index contributed by atoms with van der Waals surface area (Å²) in [4.78, 5) is 14.8. The van der Waals surface area contributed by atoms with Crippen molar-refractivity contribution in [3.8, 4) is 0 Å². The van der Waals surface area contributed by atoms with Gasteiger partial charge in [-0.25, -0.2) is 13.2 Å². The van der Waals surface area contributed by atoms with E-state index in [0.29, 0.717) is 31.6 Å². The van der Waals surface area contributed by atoms with Crippen molar-refractivity contribution in [2.45, 2.75) is 18.4 Å². The minimum atomic E-state index is -0.889. The van der Waals surface area contributed by atoms with Gasteiger partial charge in [0.1, 0.15) is 5.82 Å². The first kappa shape index (κ1) is 17.1. The van der Waals surface area contributed by atoms with E-state index in [4.69, 9.17) is 0 Å². The summed E-state index contributed by atoms with van der Waals surface area (Å²) in [7, 11) is 0. The molecule has 0 aromatic heterocycles. The molecule has 1 N–H and O–H groups in total. The van der Waals surface area contributed by atoms with Crippen molar-refractivity contribution >= 4 is 5.91 Å². The summed E-state index contributed by atoms with van der Waals surface area (Å²) in [5.74, 6) is -2.41. The van der Waals surface area contributed by atoms with Crippen molar-refractivity contribution in [3.05, 3.63) is 71.0 Å². The first-order valence-corrected chi connectivity index (χ1v) is 8.76. The third-order valence-electron chi connectivity index (χ3n) is 5.24. The number of nitrogens with zero attached hydrogens (tertiary/aromatic N) is 1. The zero-order valence-electron chi connectivity index (χ0n) is 14.1. The molecule has 2 aromatic rings. The Hall–Kier alpha value is -2.34. The molecule has 1 saturated carbocycles. The summed E-state index contributed by atoms with van der Waals surface area (Å²) in [6.45, 7) is 1.79. The zero-order chi connectivity index (χ0) is 18.3. The maximum absolute atomic E-state index is 13.6. The van der Waals surface area contributed by atoms with Gasteiger partial charge in [-0.2, -0.15) is 0 Å². The first-order chi connectivity index (χ1) is 12.5. The summed E-state index contributed by atoms with van der Waals surface area (Å²) >= 11 is 0. The van der Waals surface area contributed by atoms with Crippen LogP contribution in [-0.2, 0) is 4.79 Å². The number of halogens is 3. The largest absolute Gasteiger partial charge is 0.333 e. The van der Waals surface area contributed by atoms with Gasteiger partial charge in [0.2, 0.25) is 5.91 Å². The third kappa shape index (κ3) is 3.21. The van der Waals surface area contributed by atoms with Gasteiger partial charge in [-0.1, -0.05) is 18.2 Å². The Morgan fingerprint density at radius 3 is 2.65 bits per heavy atom. The lowest BCUT2D eigenvalue weighted by Gasteiger charge is -2.37. The normalized spacial score (nSPS) is 25.2. The van der Waals surface area contributed by atoms with E-state index in [1.54, 1.807) is 11.0 Å². The number of carbonyl (C=O) groups is 1. The number of nitrogens with one attached hydrogen (secondary N) is 1. The van der Waals surface area contributed by atoms with Gasteiger partial charge in [-0.15, -0.1) is 0 Å². The van der Waals surface area contributed by atoms with Gasteiger partial charge < -0.3 is 10.2 Å². The van der Waals surface area contributed by atoms with Crippen LogP contribution in [0.4, 0.5) is 13.2 Å². The lowest BCUT2D eigenvalue weighted by atomic mass is 10.0. The highest BCUT2D eigenvalue weighted by molar-refractivity contribution is 5.83. The monoisotopic (exact) mass is 360 g/mol. The molecule has 1 aliphatic carbocycles. The predicted molar refractivity (Wildman–Crippen MR) is 90.9 cm³/mol. The van der Waals surface area contributed by atoms with E-state index in [-0.39, 0.29) is 29.6 Å². The summed E-state index contributed by atoms with van der Waals surface area (Å²) in [6, 6.07) is 9.89. The molecule has 0 radical (unpaired) electrons. The van der Waals surface area contributed by atoms with E-state index in [9.17, 15) is 18.0 Å². The maximum atomic E-state index is 13.6. The average Bonchev–Trinajstić information content (AvgIpc) is 3.44. The molecule has 4 rings (SSSR count). The summed E-state index contributed by atoms with van der Waals surface area (Å²) in [5.41, 5.74) is 1.41. The highest BCUT2D eigenvalue weighted by Gasteiger charge is 2.47. The Balaban J connectivity index is 1.52. The number of amides is 1. The highest BCUT2D eigenvalue weighted by Crippen LogP contribution is 2.49. The fourth-order valence-electron chi connectivity index (χ4n) is 3.77. The number of carbonyl (C=O) groups excluding carboxylic acids is 1. The molecule has 1 amide bonds. The van der Waals surface area contributed by atoms with Crippen LogP contribution in [-0.4, -0.2) is 30.4 Å². The zero-order valence-corrected chi connectivity index (χ0v) is 14.1. The number of piperazine rings is 1. The topological polar surface area (TPSA) is 32.3 Å². The Morgan fingerprint density at radius 2 is 1.88 bits per heavy atom. The minimum absolute atomic E-state index is 0.00417. The molecule has 136 valence electrons. The fraction of sp³-hybridized carbons (Fsp3) is 0.350. The van der Waals surface area contributed by atoms with Crippen molar-refractivity contribution < 1.29 is 18.0 Å². The first-order valence-electron chi connectivity index (χ1n) is 8.76. The van der Waals surface area contributed by atoms with E-state index in [0.717, 1.165) is 11.6 Å². The molecule has 1 aliphatic heterocycles. The molecule has 6 heteroatoms. The number of hydrogen-bond acceptors (Lipinski definition) is 2. The molecule has 2 aliphatic rings. The van der Waals surface area contributed by atoms with Crippen LogP contribution in [0.5, 0.6) is 0 Å². The van der Waals surface area contributed by atoms with Crippen LogP contribution < -0.4 is 5.32 Å². The SMILES string of the molecule is O=C(C1CC1c1ccc(F)c(F)c1)N1CCNCC1c1cccc(F)c1. The van der Waals surface area contributed by atoms with Crippen LogP contribution in [0.25, 0.3) is 0 Å². The Kier molecular flexibility index (Phi) is 4.44. The molecule has 2 fully saturated rings. The van der Waals surface area contributed by atoms with Gasteiger partial charge in [0.05, 0.1) is 6.04 Å². The van der Waals surface area contributed by atoms with E-state index in [1.807, 2.05) is 6.07 Å². The average molecular weight is 360 g/mol. The maximum Gasteiger partial charge on any atom is 0.226 e. The molecule has 26 heavy (non-hydrogen) atoms. The lowest BCUT2D eigenvalue weighted by Crippen LogP contribution is -2.49. The van der Waals surface area contributed by atoms with Crippen molar-refractivity contribution in [1.82, 2.24) is 10.2 Å². The highest BCUT2D eigenvalue weighted by atomic mass is 19.2. The van der Waals surface area contributed by atoms with Crippen LogP contribution in [0.2, 0.25) is 0 Å². The van der Waals surface area contributed by atoms with E-state index >= 15 is 0 Å². The molecule has 0 spiro atoms. The summed E-state index contributed by atoms with van der Waals surface area (Å²) < 4.78 is 40.2. The summed E-state index contributed by atoms with van der Waals surface area (Å²) in [5, 5.41) is 3.25. The Morgan fingerprint density at radius 1 is 1.04 bits per heavy atom. The second-order valence-electron chi connectivity index (χ2n) is 6.93. The number of hydrogen-bond donors (Lipinski definition) is 1. The molecular formula is C20H19F3N2O. The van der Waals surface area contributed by atoms with Crippen molar-refractivity contribution in [2.75, 3.05) is 19.6 Å². The van der Waals surface area contributed by atoms with Gasteiger partial charge in [0.25, 0.3) is 0 Å². The molecule has 2 aromatic carbocycles. The fourth-order valence-corrected chi connectivity index (χ4v) is 3.77. The van der Waals surface area contributed by atoms with E-state index < -0.39 is 11.6 Å². The van der Waals surface area contributed by atoms with Gasteiger partial charge in [0, 0.05) is 25.6 Å². The Bertz CT molecular complexity index is 842. The van der Waals surface area contributed by atoms with E-state index in [2.05, 4.69) is 5.32 Å². The summed E-state index contributed by atoms with van der Waals surface area (Å²) in [6.07, 6.45) is 0.629. The molecule has 3 nitrogen and oxygen atoms in total. The molecular weight excluding hydrogens is 341 g/mol. The number of rotatable bonds is 3. The van der Waals surface area contributed by atoms with Gasteiger partial charge in [0.15, 0.2) is 11.6 Å². The van der Waals surface area contributed by atoms with Crippen molar-refractivity contribution in [2.24, 2.45) is 5.92 Å². The molecule has 3 atom stereocenters. The molecule has 3 unspecified atom stereocenters. The molecule has 0 bridgehead atoms. The third-order valence-corrected chi connectivity index (χ3v) is 5.24. The van der Waals surface area contributed by atoms with Crippen molar-refractivity contribution in [3.63, 3.8) is 0 Å².